The molecule has 0 aliphatic heterocycles. The average Bonchev–Trinajstić information content (AvgIpc) is 3.90. The van der Waals surface area contributed by atoms with E-state index in [-0.39, 0.29) is 5.41 Å². The Balaban J connectivity index is 1.14. The first-order valence-electron chi connectivity index (χ1n) is 21.1. The van der Waals surface area contributed by atoms with E-state index >= 15 is 0 Å². The van der Waals surface area contributed by atoms with E-state index in [9.17, 15) is 0 Å². The molecule has 12 rings (SSSR count). The van der Waals surface area contributed by atoms with Crippen LogP contribution in [0.1, 0.15) is 25.0 Å². The molecule has 290 valence electrons. The molecule has 0 fully saturated rings. The zero-order valence-electron chi connectivity index (χ0n) is 34.6. The van der Waals surface area contributed by atoms with Gasteiger partial charge in [0, 0.05) is 30.6 Å². The fourth-order valence-electron chi connectivity index (χ4n) is 10.3. The standard InChI is InChI=1S/C57H42N4/c1-57(2)47-26-12-11-20-43(47)54-44(25-15-27-48(54)57)53-41-23-13-21-39(37-28-30-49-51(32-37)60(3)55(58-49)35-16-7-5-8-17-35)45(41)34-46-40(22-14-24-42(46)53)38-29-31-50-52(33-38)61(4)56(59-50)36-18-9-6-10-19-36/h5-34H,1-4H3. The predicted octanol–water partition coefficient (Wildman–Crippen LogP) is 14.4. The van der Waals surface area contributed by atoms with Crippen LogP contribution in [0.2, 0.25) is 0 Å². The molecule has 0 saturated heterocycles. The summed E-state index contributed by atoms with van der Waals surface area (Å²) in [5.41, 5.74) is 18.9. The molecule has 0 amide bonds. The lowest BCUT2D eigenvalue weighted by atomic mass is 9.81. The highest BCUT2D eigenvalue weighted by Crippen LogP contribution is 2.54. The number of hydrogen-bond acceptors (Lipinski definition) is 2. The molecule has 0 saturated carbocycles. The second-order valence-corrected chi connectivity index (χ2v) is 17.1. The minimum atomic E-state index is -0.118. The van der Waals surface area contributed by atoms with Crippen LogP contribution in [-0.4, -0.2) is 19.1 Å². The van der Waals surface area contributed by atoms with Crippen molar-refractivity contribution in [3.8, 4) is 67.3 Å². The molecule has 4 heteroatoms. The number of benzene rings is 9. The van der Waals surface area contributed by atoms with E-state index in [0.29, 0.717) is 0 Å². The quantitative estimate of drug-likeness (QED) is 0.163. The fraction of sp³-hybridized carbons (Fsp3) is 0.0877. The Morgan fingerprint density at radius 3 is 1.38 bits per heavy atom. The van der Waals surface area contributed by atoms with Gasteiger partial charge in [-0.15, -0.1) is 0 Å². The summed E-state index contributed by atoms with van der Waals surface area (Å²) in [6, 6.07) is 66.5. The van der Waals surface area contributed by atoms with Gasteiger partial charge in [-0.1, -0.05) is 166 Å². The van der Waals surface area contributed by atoms with Gasteiger partial charge in [0.05, 0.1) is 22.1 Å². The first kappa shape index (κ1) is 35.4. The van der Waals surface area contributed by atoms with Crippen molar-refractivity contribution in [2.45, 2.75) is 19.3 Å². The van der Waals surface area contributed by atoms with E-state index < -0.39 is 0 Å². The SMILES string of the molecule is Cn1c(-c2ccccc2)nc2ccc(-c3cccc4c(-c5cccc6c5-c5ccccc5C6(C)C)c5cccc(-c6ccc7nc(-c8ccccc8)n(C)c7c6)c5cc34)cc21. The van der Waals surface area contributed by atoms with Gasteiger partial charge in [0.15, 0.2) is 0 Å². The smallest absolute Gasteiger partial charge is 0.140 e. The molecule has 1 aliphatic rings. The zero-order chi connectivity index (χ0) is 41.0. The van der Waals surface area contributed by atoms with Crippen molar-refractivity contribution in [3.63, 3.8) is 0 Å². The van der Waals surface area contributed by atoms with Crippen molar-refractivity contribution >= 4 is 43.6 Å². The summed E-state index contributed by atoms with van der Waals surface area (Å²) in [6.07, 6.45) is 0. The number of hydrogen-bond donors (Lipinski definition) is 0. The van der Waals surface area contributed by atoms with Gasteiger partial charge in [0.1, 0.15) is 11.6 Å². The lowest BCUT2D eigenvalue weighted by Gasteiger charge is -2.22. The second-order valence-electron chi connectivity index (χ2n) is 17.1. The summed E-state index contributed by atoms with van der Waals surface area (Å²) >= 11 is 0. The topological polar surface area (TPSA) is 35.6 Å². The molecule has 0 unspecified atom stereocenters. The van der Waals surface area contributed by atoms with Gasteiger partial charge < -0.3 is 9.13 Å². The summed E-state index contributed by atoms with van der Waals surface area (Å²) in [7, 11) is 4.25. The Morgan fingerprint density at radius 2 is 0.820 bits per heavy atom. The molecular weight excluding hydrogens is 741 g/mol. The van der Waals surface area contributed by atoms with E-state index in [4.69, 9.17) is 9.97 Å². The first-order chi connectivity index (χ1) is 29.8. The Kier molecular flexibility index (Phi) is 7.67. The van der Waals surface area contributed by atoms with Crippen LogP contribution >= 0.6 is 0 Å². The average molecular weight is 783 g/mol. The van der Waals surface area contributed by atoms with Gasteiger partial charge in [0.25, 0.3) is 0 Å². The third-order valence-electron chi connectivity index (χ3n) is 13.4. The van der Waals surface area contributed by atoms with Crippen LogP contribution in [0.15, 0.2) is 182 Å². The van der Waals surface area contributed by atoms with E-state index in [1.807, 2.05) is 0 Å². The van der Waals surface area contributed by atoms with Crippen molar-refractivity contribution in [3.05, 3.63) is 193 Å². The Hall–Kier alpha value is -7.56. The number of aromatic nitrogens is 4. The van der Waals surface area contributed by atoms with Crippen LogP contribution in [0.25, 0.3) is 111 Å². The maximum Gasteiger partial charge on any atom is 0.140 e. The molecule has 9 aromatic carbocycles. The van der Waals surface area contributed by atoms with E-state index in [0.717, 1.165) is 56.0 Å². The van der Waals surface area contributed by atoms with Crippen LogP contribution in [-0.2, 0) is 19.5 Å². The lowest BCUT2D eigenvalue weighted by Crippen LogP contribution is -2.14. The van der Waals surface area contributed by atoms with Gasteiger partial charge in [-0.2, -0.15) is 0 Å². The monoisotopic (exact) mass is 782 g/mol. The second kappa shape index (κ2) is 13.2. The van der Waals surface area contributed by atoms with E-state index in [2.05, 4.69) is 219 Å². The van der Waals surface area contributed by atoms with Crippen LogP contribution in [0.5, 0.6) is 0 Å². The van der Waals surface area contributed by atoms with Gasteiger partial charge >= 0.3 is 0 Å². The summed E-state index contributed by atoms with van der Waals surface area (Å²) < 4.78 is 4.45. The molecule has 0 bridgehead atoms. The molecular formula is C57H42N4. The maximum absolute atomic E-state index is 5.09. The Labute approximate surface area is 355 Å². The number of aryl methyl sites for hydroxylation is 2. The van der Waals surface area contributed by atoms with Crippen molar-refractivity contribution in [1.82, 2.24) is 19.1 Å². The minimum absolute atomic E-state index is 0.118. The van der Waals surface area contributed by atoms with Crippen molar-refractivity contribution in [2.75, 3.05) is 0 Å². The van der Waals surface area contributed by atoms with Crippen LogP contribution in [0.4, 0.5) is 0 Å². The minimum Gasteiger partial charge on any atom is -0.327 e. The van der Waals surface area contributed by atoms with Crippen LogP contribution < -0.4 is 0 Å². The Bertz CT molecular complexity index is 3390. The van der Waals surface area contributed by atoms with E-state index in [1.54, 1.807) is 0 Å². The first-order valence-corrected chi connectivity index (χ1v) is 21.1. The Morgan fingerprint density at radius 1 is 0.361 bits per heavy atom. The highest BCUT2D eigenvalue weighted by atomic mass is 15.1. The third kappa shape index (κ3) is 5.25. The number of rotatable bonds is 5. The van der Waals surface area contributed by atoms with Gasteiger partial charge in [-0.05, 0) is 108 Å². The summed E-state index contributed by atoms with van der Waals surface area (Å²) in [4.78, 5) is 10.2. The summed E-state index contributed by atoms with van der Waals surface area (Å²) in [5.74, 6) is 1.93. The van der Waals surface area contributed by atoms with Crippen LogP contribution in [0.3, 0.4) is 0 Å². The molecule has 0 spiro atoms. The van der Waals surface area contributed by atoms with Crippen molar-refractivity contribution in [2.24, 2.45) is 14.1 Å². The molecule has 4 nitrogen and oxygen atoms in total. The zero-order valence-corrected chi connectivity index (χ0v) is 34.6. The summed E-state index contributed by atoms with van der Waals surface area (Å²) in [6.45, 7) is 4.74. The molecule has 1 aliphatic carbocycles. The molecule has 2 aromatic heterocycles. The van der Waals surface area contributed by atoms with Crippen molar-refractivity contribution in [1.29, 1.82) is 0 Å². The lowest BCUT2D eigenvalue weighted by molar-refractivity contribution is 0.660. The number of nitrogens with zero attached hydrogens (tertiary/aromatic N) is 4. The highest BCUT2D eigenvalue weighted by Gasteiger charge is 2.37. The maximum atomic E-state index is 5.09. The third-order valence-corrected chi connectivity index (χ3v) is 13.4. The van der Waals surface area contributed by atoms with E-state index in [1.165, 1.54) is 66.1 Å². The highest BCUT2D eigenvalue weighted by molar-refractivity contribution is 6.21. The number of imidazole rings is 2. The number of fused-ring (bicyclic) bond motifs is 7. The summed E-state index contributed by atoms with van der Waals surface area (Å²) in [5, 5.41) is 4.92. The molecule has 0 N–H and O–H groups in total. The largest absolute Gasteiger partial charge is 0.327 e. The molecule has 0 atom stereocenters. The van der Waals surface area contributed by atoms with Gasteiger partial charge in [0.2, 0.25) is 0 Å². The molecule has 11 aromatic rings. The molecule has 61 heavy (non-hydrogen) atoms. The van der Waals surface area contributed by atoms with Crippen molar-refractivity contribution < 1.29 is 0 Å². The van der Waals surface area contributed by atoms with Gasteiger partial charge in [-0.3, -0.25) is 0 Å². The van der Waals surface area contributed by atoms with Crippen LogP contribution in [0, 0.1) is 0 Å². The molecule has 0 radical (unpaired) electrons. The predicted molar refractivity (Wildman–Crippen MR) is 255 cm³/mol. The van der Waals surface area contributed by atoms with Gasteiger partial charge in [-0.25, -0.2) is 9.97 Å². The normalized spacial score (nSPS) is 13.0. The molecule has 2 heterocycles. The fourth-order valence-corrected chi connectivity index (χ4v) is 10.3.